The highest BCUT2D eigenvalue weighted by Gasteiger charge is 2.25. The first-order valence-corrected chi connectivity index (χ1v) is 8.12. The molecule has 1 heterocycles. The van der Waals surface area contributed by atoms with Crippen LogP contribution in [0.3, 0.4) is 0 Å². The summed E-state index contributed by atoms with van der Waals surface area (Å²) in [5.41, 5.74) is 4.84. The third kappa shape index (κ3) is 3.69. The maximum Gasteiger partial charge on any atom is 0.293 e. The Hall–Kier alpha value is -2.94. The number of rotatable bonds is 5. The van der Waals surface area contributed by atoms with Gasteiger partial charge in [0.15, 0.2) is 0 Å². The number of nitrogens with one attached hydrogen (secondary N) is 3. The molecule has 0 unspecified atom stereocenters. The number of hydrogen-bond acceptors (Lipinski definition) is 6. The molecular formula is C15H14N4O4S. The van der Waals surface area contributed by atoms with Crippen LogP contribution in [0.1, 0.15) is 32.9 Å². The Morgan fingerprint density at radius 3 is 2.54 bits per heavy atom. The van der Waals surface area contributed by atoms with Crippen molar-refractivity contribution in [1.82, 2.24) is 10.9 Å². The first-order chi connectivity index (χ1) is 11.5. The molecule has 0 spiro atoms. The van der Waals surface area contributed by atoms with Crippen molar-refractivity contribution in [3.05, 3.63) is 56.3 Å². The van der Waals surface area contributed by atoms with E-state index >= 15 is 0 Å². The Morgan fingerprint density at radius 1 is 1.17 bits per heavy atom. The minimum absolute atomic E-state index is 0.0922. The molecule has 1 saturated carbocycles. The number of nitro groups is 1. The van der Waals surface area contributed by atoms with Gasteiger partial charge in [0, 0.05) is 17.7 Å². The molecule has 3 rings (SSSR count). The average molecular weight is 346 g/mol. The van der Waals surface area contributed by atoms with E-state index in [1.807, 2.05) is 0 Å². The molecule has 2 amide bonds. The molecule has 24 heavy (non-hydrogen) atoms. The Kier molecular flexibility index (Phi) is 4.43. The lowest BCUT2D eigenvalue weighted by atomic mass is 10.1. The van der Waals surface area contributed by atoms with Crippen LogP contribution in [0.5, 0.6) is 0 Å². The highest BCUT2D eigenvalue weighted by Crippen LogP contribution is 2.31. The summed E-state index contributed by atoms with van der Waals surface area (Å²) in [7, 11) is 0. The van der Waals surface area contributed by atoms with Crippen LogP contribution in [-0.4, -0.2) is 22.8 Å². The smallest absolute Gasteiger partial charge is 0.293 e. The zero-order chi connectivity index (χ0) is 17.1. The number of amides is 2. The number of hydrazine groups is 1. The molecular weight excluding hydrogens is 332 g/mol. The van der Waals surface area contributed by atoms with E-state index in [9.17, 15) is 19.7 Å². The number of carbonyl (C=O) groups is 2. The van der Waals surface area contributed by atoms with Crippen LogP contribution in [-0.2, 0) is 0 Å². The highest BCUT2D eigenvalue weighted by atomic mass is 32.1. The number of nitrogens with zero attached hydrogens (tertiary/aromatic N) is 1. The van der Waals surface area contributed by atoms with Crippen LogP contribution in [0.2, 0.25) is 0 Å². The van der Waals surface area contributed by atoms with Gasteiger partial charge in [-0.15, -0.1) is 11.3 Å². The summed E-state index contributed by atoms with van der Waals surface area (Å²) < 4.78 is 0. The molecule has 8 nitrogen and oxygen atoms in total. The maximum absolute atomic E-state index is 12.1. The van der Waals surface area contributed by atoms with E-state index < -0.39 is 16.7 Å². The molecule has 1 aliphatic carbocycles. The van der Waals surface area contributed by atoms with E-state index in [1.54, 1.807) is 17.5 Å². The van der Waals surface area contributed by atoms with Gasteiger partial charge in [-0.3, -0.25) is 30.6 Å². The van der Waals surface area contributed by atoms with Gasteiger partial charge in [-0.1, -0.05) is 6.07 Å². The van der Waals surface area contributed by atoms with Gasteiger partial charge in [0.05, 0.1) is 9.80 Å². The molecule has 0 bridgehead atoms. The Balaban J connectivity index is 1.68. The minimum Gasteiger partial charge on any atom is -0.377 e. The quantitative estimate of drug-likeness (QED) is 0.568. The van der Waals surface area contributed by atoms with E-state index in [4.69, 9.17) is 0 Å². The molecule has 0 saturated heterocycles. The zero-order valence-electron chi connectivity index (χ0n) is 12.4. The highest BCUT2D eigenvalue weighted by molar-refractivity contribution is 7.12. The molecule has 9 heteroatoms. The van der Waals surface area contributed by atoms with Crippen molar-refractivity contribution >= 4 is 34.5 Å². The summed E-state index contributed by atoms with van der Waals surface area (Å²) in [6, 6.07) is 7.77. The van der Waals surface area contributed by atoms with Crippen molar-refractivity contribution < 1.29 is 14.5 Å². The predicted molar refractivity (Wildman–Crippen MR) is 89.0 cm³/mol. The number of thiophene rings is 1. The monoisotopic (exact) mass is 346 g/mol. The Labute approximate surface area is 141 Å². The van der Waals surface area contributed by atoms with Gasteiger partial charge in [0.2, 0.25) is 0 Å². The molecule has 1 aromatic heterocycles. The Morgan fingerprint density at radius 2 is 1.92 bits per heavy atom. The van der Waals surface area contributed by atoms with Crippen molar-refractivity contribution in [2.24, 2.45) is 0 Å². The summed E-state index contributed by atoms with van der Waals surface area (Å²) in [5, 5.41) is 16.0. The van der Waals surface area contributed by atoms with Gasteiger partial charge < -0.3 is 5.32 Å². The topological polar surface area (TPSA) is 113 Å². The van der Waals surface area contributed by atoms with Gasteiger partial charge >= 0.3 is 0 Å². The van der Waals surface area contributed by atoms with Gasteiger partial charge in [-0.05, 0) is 36.4 Å². The largest absolute Gasteiger partial charge is 0.377 e. The molecule has 1 aliphatic rings. The molecule has 0 radical (unpaired) electrons. The van der Waals surface area contributed by atoms with Crippen LogP contribution >= 0.6 is 11.3 Å². The predicted octanol–water partition coefficient (Wildman–Crippen LogP) is 2.31. The second kappa shape index (κ2) is 6.67. The van der Waals surface area contributed by atoms with Crippen LogP contribution in [0.4, 0.5) is 11.4 Å². The van der Waals surface area contributed by atoms with Crippen molar-refractivity contribution in [2.75, 3.05) is 5.32 Å². The fraction of sp³-hybridized carbons (Fsp3) is 0.200. The third-order valence-electron chi connectivity index (χ3n) is 3.43. The summed E-state index contributed by atoms with van der Waals surface area (Å²) in [4.78, 5) is 34.9. The van der Waals surface area contributed by atoms with Gasteiger partial charge in [0.25, 0.3) is 17.5 Å². The minimum atomic E-state index is -0.624. The number of hydrogen-bond donors (Lipinski definition) is 3. The van der Waals surface area contributed by atoms with Crippen LogP contribution < -0.4 is 16.2 Å². The lowest BCUT2D eigenvalue weighted by molar-refractivity contribution is -0.384. The maximum atomic E-state index is 12.1. The van der Waals surface area contributed by atoms with E-state index in [0.717, 1.165) is 12.8 Å². The number of anilines is 1. The van der Waals surface area contributed by atoms with E-state index in [2.05, 4.69) is 16.2 Å². The lowest BCUT2D eigenvalue weighted by Gasteiger charge is -2.09. The standard InChI is InChI=1S/C15H14N4O4S/c20-14(17-18-15(21)13-2-1-7-24-13)9-3-6-11(16-10-4-5-10)12(8-9)19(22)23/h1-3,6-8,10,16H,4-5H2,(H,17,20)(H,18,21). The Bertz CT molecular complexity index is 787. The molecule has 124 valence electrons. The van der Waals surface area contributed by atoms with E-state index in [0.29, 0.717) is 10.6 Å². The molecule has 0 aliphatic heterocycles. The molecule has 1 aromatic carbocycles. The molecule has 2 aromatic rings. The number of benzene rings is 1. The SMILES string of the molecule is O=C(NNC(=O)c1cccs1)c1ccc(NC2CC2)c([N+](=O)[O-])c1. The van der Waals surface area contributed by atoms with Crippen molar-refractivity contribution in [1.29, 1.82) is 0 Å². The molecule has 1 fully saturated rings. The lowest BCUT2D eigenvalue weighted by Crippen LogP contribution is -2.41. The van der Waals surface area contributed by atoms with Crippen molar-refractivity contribution in [3.63, 3.8) is 0 Å². The van der Waals surface area contributed by atoms with Gasteiger partial charge in [-0.25, -0.2) is 0 Å². The number of carbonyl (C=O) groups excluding carboxylic acids is 2. The summed E-state index contributed by atoms with van der Waals surface area (Å²) >= 11 is 1.24. The van der Waals surface area contributed by atoms with Crippen molar-refractivity contribution in [2.45, 2.75) is 18.9 Å². The third-order valence-corrected chi connectivity index (χ3v) is 4.30. The zero-order valence-corrected chi connectivity index (χ0v) is 13.3. The summed E-state index contributed by atoms with van der Waals surface area (Å²) in [5.74, 6) is -1.07. The summed E-state index contributed by atoms with van der Waals surface area (Å²) in [6.45, 7) is 0. The normalized spacial score (nSPS) is 13.2. The second-order valence-corrected chi connectivity index (χ2v) is 6.24. The fourth-order valence-corrected chi connectivity index (χ4v) is 2.67. The number of nitro benzene ring substituents is 1. The summed E-state index contributed by atoms with van der Waals surface area (Å²) in [6.07, 6.45) is 1.96. The van der Waals surface area contributed by atoms with Gasteiger partial charge in [-0.2, -0.15) is 0 Å². The average Bonchev–Trinajstić information content (AvgIpc) is 3.21. The molecule has 3 N–H and O–H groups in total. The van der Waals surface area contributed by atoms with Crippen LogP contribution in [0.15, 0.2) is 35.7 Å². The van der Waals surface area contributed by atoms with Gasteiger partial charge in [0.1, 0.15) is 5.69 Å². The second-order valence-electron chi connectivity index (χ2n) is 5.29. The first kappa shape index (κ1) is 15.9. The van der Waals surface area contributed by atoms with Crippen LogP contribution in [0.25, 0.3) is 0 Å². The van der Waals surface area contributed by atoms with Crippen LogP contribution in [0, 0.1) is 10.1 Å². The van der Waals surface area contributed by atoms with Crippen molar-refractivity contribution in [3.8, 4) is 0 Å². The van der Waals surface area contributed by atoms with E-state index in [1.165, 1.54) is 29.5 Å². The van der Waals surface area contributed by atoms with E-state index in [-0.39, 0.29) is 17.3 Å². The first-order valence-electron chi connectivity index (χ1n) is 7.24. The fourth-order valence-electron chi connectivity index (χ4n) is 2.05. The molecule has 0 atom stereocenters.